The van der Waals surface area contributed by atoms with Crippen molar-refractivity contribution in [1.29, 1.82) is 0 Å². The highest BCUT2D eigenvalue weighted by atomic mass is 35.5. The molecule has 1 saturated heterocycles. The molecule has 174 valence electrons. The highest BCUT2D eigenvalue weighted by Gasteiger charge is 2.21. The monoisotopic (exact) mass is 455 g/mol. The Bertz CT molecular complexity index is 864. The molecule has 31 heavy (non-hydrogen) atoms. The molecule has 1 fully saturated rings. The van der Waals surface area contributed by atoms with Crippen LogP contribution in [0.4, 0.5) is 0 Å². The summed E-state index contributed by atoms with van der Waals surface area (Å²) in [5.74, 6) is 0.281. The molecule has 0 spiro atoms. The summed E-state index contributed by atoms with van der Waals surface area (Å²) >= 11 is 0. The molecule has 0 aliphatic carbocycles. The number of halogens is 1. The van der Waals surface area contributed by atoms with Crippen molar-refractivity contribution in [2.75, 3.05) is 59.1 Å². The number of ether oxygens (including phenoxy) is 2. The molecule has 2 heterocycles. The Kier molecular flexibility index (Phi) is 9.58. The zero-order valence-corrected chi connectivity index (χ0v) is 19.4. The first-order valence-electron chi connectivity index (χ1n) is 10.6. The van der Waals surface area contributed by atoms with Gasteiger partial charge in [-0.05, 0) is 32.0 Å². The van der Waals surface area contributed by atoms with E-state index >= 15 is 0 Å². The number of β-amino-alcohol motifs (C(OH)–C–C–N with tert-alkyl or cyclic N) is 2. The average molecular weight is 456 g/mol. The van der Waals surface area contributed by atoms with Crippen LogP contribution in [0.15, 0.2) is 18.2 Å². The average Bonchev–Trinajstić information content (AvgIpc) is 2.98. The molecule has 9 heteroatoms. The van der Waals surface area contributed by atoms with Crippen LogP contribution in [-0.2, 0) is 11.8 Å². The fourth-order valence-corrected chi connectivity index (χ4v) is 3.98. The summed E-state index contributed by atoms with van der Waals surface area (Å²) in [5.41, 5.74) is 2.34. The van der Waals surface area contributed by atoms with Gasteiger partial charge < -0.3 is 24.3 Å². The van der Waals surface area contributed by atoms with E-state index in [9.17, 15) is 9.90 Å². The maximum absolute atomic E-state index is 12.4. The van der Waals surface area contributed by atoms with Crippen molar-refractivity contribution in [3.8, 4) is 5.75 Å². The van der Waals surface area contributed by atoms with E-state index < -0.39 is 6.10 Å². The van der Waals surface area contributed by atoms with Gasteiger partial charge in [0.2, 0.25) is 0 Å². The van der Waals surface area contributed by atoms with E-state index in [0.717, 1.165) is 42.8 Å². The predicted molar refractivity (Wildman–Crippen MR) is 122 cm³/mol. The van der Waals surface area contributed by atoms with Gasteiger partial charge in [-0.2, -0.15) is 0 Å². The van der Waals surface area contributed by atoms with Gasteiger partial charge >= 0.3 is 5.97 Å². The zero-order valence-electron chi connectivity index (χ0n) is 18.5. The zero-order chi connectivity index (χ0) is 21.7. The molecule has 1 aliphatic heterocycles. The molecule has 1 atom stereocenters. The number of aromatic nitrogens is 1. The summed E-state index contributed by atoms with van der Waals surface area (Å²) in [5, 5.41) is 20.2. The smallest absolute Gasteiger partial charge is 0.340 e. The van der Waals surface area contributed by atoms with Crippen LogP contribution in [0.1, 0.15) is 23.0 Å². The highest BCUT2D eigenvalue weighted by molar-refractivity contribution is 6.06. The van der Waals surface area contributed by atoms with Crippen LogP contribution in [0, 0.1) is 6.92 Å². The summed E-state index contributed by atoms with van der Waals surface area (Å²) in [7, 11) is 1.92. The topological polar surface area (TPSA) is 87.4 Å². The number of benzene rings is 1. The van der Waals surface area contributed by atoms with Gasteiger partial charge in [0.1, 0.15) is 18.5 Å². The Balaban J connectivity index is 0.00000341. The molecule has 0 radical (unpaired) electrons. The largest absolute Gasteiger partial charge is 0.491 e. The highest BCUT2D eigenvalue weighted by Crippen LogP contribution is 2.29. The van der Waals surface area contributed by atoms with Crippen LogP contribution < -0.4 is 4.74 Å². The van der Waals surface area contributed by atoms with Gasteiger partial charge in [0.25, 0.3) is 0 Å². The summed E-state index contributed by atoms with van der Waals surface area (Å²) < 4.78 is 13.0. The van der Waals surface area contributed by atoms with Crippen LogP contribution in [0.3, 0.4) is 0 Å². The second kappa shape index (κ2) is 11.7. The Morgan fingerprint density at radius 3 is 2.52 bits per heavy atom. The Morgan fingerprint density at radius 2 is 1.87 bits per heavy atom. The minimum atomic E-state index is -0.605. The molecule has 0 bridgehead atoms. The van der Waals surface area contributed by atoms with E-state index in [0.29, 0.717) is 31.0 Å². The lowest BCUT2D eigenvalue weighted by Gasteiger charge is -2.35. The van der Waals surface area contributed by atoms with Crippen LogP contribution in [0.2, 0.25) is 0 Å². The second-order valence-corrected chi connectivity index (χ2v) is 7.75. The van der Waals surface area contributed by atoms with E-state index in [1.807, 2.05) is 36.7 Å². The first kappa shape index (κ1) is 25.4. The number of hydrogen-bond donors (Lipinski definition) is 2. The van der Waals surface area contributed by atoms with E-state index in [1.165, 1.54) is 0 Å². The molecule has 8 nitrogen and oxygen atoms in total. The number of aliphatic hydroxyl groups excluding tert-OH is 2. The quantitative estimate of drug-likeness (QED) is 0.553. The number of carbonyl (C=O) groups is 1. The number of hydrogen-bond acceptors (Lipinski definition) is 7. The van der Waals surface area contributed by atoms with Gasteiger partial charge in [-0.1, -0.05) is 0 Å². The summed E-state index contributed by atoms with van der Waals surface area (Å²) in [6, 6.07) is 5.62. The molecule has 2 N–H and O–H groups in total. The molecule has 1 aliphatic rings. The fourth-order valence-electron chi connectivity index (χ4n) is 3.98. The molecular formula is C22H34ClN3O5. The Morgan fingerprint density at radius 1 is 1.19 bits per heavy atom. The van der Waals surface area contributed by atoms with Crippen molar-refractivity contribution in [3.63, 3.8) is 0 Å². The van der Waals surface area contributed by atoms with Crippen molar-refractivity contribution >= 4 is 29.3 Å². The molecule has 2 aromatic rings. The van der Waals surface area contributed by atoms with Crippen LogP contribution in [0.25, 0.3) is 10.9 Å². The van der Waals surface area contributed by atoms with Gasteiger partial charge in [-0.25, -0.2) is 4.79 Å². The van der Waals surface area contributed by atoms with Crippen LogP contribution >= 0.6 is 12.4 Å². The molecule has 1 unspecified atom stereocenters. The lowest BCUT2D eigenvalue weighted by Crippen LogP contribution is -2.49. The van der Waals surface area contributed by atoms with Crippen molar-refractivity contribution in [2.24, 2.45) is 7.05 Å². The maximum atomic E-state index is 12.4. The normalized spacial score (nSPS) is 16.2. The lowest BCUT2D eigenvalue weighted by molar-refractivity contribution is 0.0428. The molecular weight excluding hydrogens is 422 g/mol. The SMILES string of the molecule is CCOC(=O)c1c(C)n(C)c2ccc(OCC(O)CN3CCN(CCO)CC3)cc12.Cl. The molecule has 0 amide bonds. The number of fused-ring (bicyclic) bond motifs is 1. The van der Waals surface area contributed by atoms with Gasteiger partial charge in [0.05, 0.1) is 18.8 Å². The summed E-state index contributed by atoms with van der Waals surface area (Å²) in [6.45, 7) is 9.17. The molecule has 1 aromatic carbocycles. The molecule has 1 aromatic heterocycles. The first-order valence-corrected chi connectivity index (χ1v) is 10.6. The lowest BCUT2D eigenvalue weighted by atomic mass is 10.1. The number of aryl methyl sites for hydroxylation is 1. The second-order valence-electron chi connectivity index (χ2n) is 7.75. The van der Waals surface area contributed by atoms with Gasteiger partial charge in [0.15, 0.2) is 0 Å². The predicted octanol–water partition coefficient (Wildman–Crippen LogP) is 1.43. The standard InChI is InChI=1S/C22H33N3O5.ClH/c1-4-29-22(28)21-16(2)23(3)20-6-5-18(13-19(20)21)30-15-17(27)14-25-9-7-24(8-10-25)11-12-26;/h5-6,13,17,26-27H,4,7-12,14-15H2,1-3H3;1H. The maximum Gasteiger partial charge on any atom is 0.340 e. The molecule has 0 saturated carbocycles. The van der Waals surface area contributed by atoms with Crippen molar-refractivity contribution in [3.05, 3.63) is 29.5 Å². The number of nitrogens with zero attached hydrogens (tertiary/aromatic N) is 3. The van der Waals surface area contributed by atoms with Gasteiger partial charge in [-0.3, -0.25) is 9.80 Å². The summed E-state index contributed by atoms with van der Waals surface area (Å²) in [4.78, 5) is 16.8. The van der Waals surface area contributed by atoms with Crippen molar-refractivity contribution in [2.45, 2.75) is 20.0 Å². The number of esters is 1. The van der Waals surface area contributed by atoms with E-state index in [2.05, 4.69) is 9.80 Å². The number of rotatable bonds is 9. The van der Waals surface area contributed by atoms with E-state index in [1.54, 1.807) is 6.92 Å². The molecule has 3 rings (SSSR count). The van der Waals surface area contributed by atoms with Crippen molar-refractivity contribution < 1.29 is 24.5 Å². The van der Waals surface area contributed by atoms with Crippen molar-refractivity contribution in [1.82, 2.24) is 14.4 Å². The first-order chi connectivity index (χ1) is 14.4. The van der Waals surface area contributed by atoms with Gasteiger partial charge in [0, 0.05) is 62.9 Å². The summed E-state index contributed by atoms with van der Waals surface area (Å²) in [6.07, 6.45) is -0.605. The minimum Gasteiger partial charge on any atom is -0.491 e. The van der Waals surface area contributed by atoms with Crippen LogP contribution in [-0.4, -0.2) is 95.7 Å². The fraction of sp³-hybridized carbons (Fsp3) is 0.591. The van der Waals surface area contributed by atoms with E-state index in [-0.39, 0.29) is 31.6 Å². The third-order valence-electron chi connectivity index (χ3n) is 5.74. The minimum absolute atomic E-state index is 0. The van der Waals surface area contributed by atoms with Crippen LogP contribution in [0.5, 0.6) is 5.75 Å². The number of carbonyl (C=O) groups excluding carboxylic acids is 1. The number of piperazine rings is 1. The Hall–Kier alpha value is -1.84. The van der Waals surface area contributed by atoms with Gasteiger partial charge in [-0.15, -0.1) is 12.4 Å². The third kappa shape index (κ3) is 6.11. The van der Waals surface area contributed by atoms with E-state index in [4.69, 9.17) is 14.6 Å². The Labute approximate surface area is 189 Å². The number of aliphatic hydroxyl groups is 2. The third-order valence-corrected chi connectivity index (χ3v) is 5.74.